The van der Waals surface area contributed by atoms with Gasteiger partial charge in [0.15, 0.2) is 0 Å². The van der Waals surface area contributed by atoms with E-state index in [1.54, 1.807) is 0 Å². The molecule has 1 aliphatic rings. The van der Waals surface area contributed by atoms with Crippen molar-refractivity contribution in [3.8, 4) is 5.75 Å². The van der Waals surface area contributed by atoms with Gasteiger partial charge in [-0.2, -0.15) is 0 Å². The molecule has 1 heterocycles. The molecule has 0 unspecified atom stereocenters. The summed E-state index contributed by atoms with van der Waals surface area (Å²) in [4.78, 5) is 23.1. The van der Waals surface area contributed by atoms with Crippen LogP contribution in [-0.4, -0.2) is 34.7 Å². The van der Waals surface area contributed by atoms with Gasteiger partial charge in [0.1, 0.15) is 5.75 Å². The summed E-state index contributed by atoms with van der Waals surface area (Å²) in [6, 6.07) is 3.56. The van der Waals surface area contributed by atoms with E-state index < -0.39 is 5.97 Å². The van der Waals surface area contributed by atoms with Crippen LogP contribution in [0.1, 0.15) is 29.6 Å². The Morgan fingerprint density at radius 2 is 2.11 bits per heavy atom. The van der Waals surface area contributed by atoms with Crippen molar-refractivity contribution in [3.05, 3.63) is 23.8 Å². The fraction of sp³-hybridized carbons (Fsp3) is 0.385. The van der Waals surface area contributed by atoms with Gasteiger partial charge in [-0.05, 0) is 37.6 Å². The van der Waals surface area contributed by atoms with Crippen molar-refractivity contribution in [1.29, 1.82) is 0 Å². The van der Waals surface area contributed by atoms with E-state index in [1.807, 2.05) is 0 Å². The molecule has 0 radical (unpaired) electrons. The Hall–Kier alpha value is -2.08. The number of benzene rings is 1. The van der Waals surface area contributed by atoms with E-state index in [9.17, 15) is 14.7 Å². The minimum atomic E-state index is -1.19. The summed E-state index contributed by atoms with van der Waals surface area (Å²) in [6.07, 6.45) is 2.77. The third-order valence-electron chi connectivity index (χ3n) is 3.12. The SMILES string of the molecule is O=C(O)c1cc(O)ccc1NC(=O)[C@@H]1CCCCN1. The Kier molecular flexibility index (Phi) is 4.01. The zero-order valence-electron chi connectivity index (χ0n) is 10.3. The molecule has 102 valence electrons. The topological polar surface area (TPSA) is 98.7 Å². The Bertz CT molecular complexity index is 495. The van der Waals surface area contributed by atoms with Gasteiger partial charge in [-0.1, -0.05) is 6.42 Å². The molecule has 1 saturated heterocycles. The third kappa shape index (κ3) is 3.23. The largest absolute Gasteiger partial charge is 0.508 e. The second-order valence-electron chi connectivity index (χ2n) is 4.53. The standard InChI is InChI=1S/C13H16N2O4/c16-8-4-5-10(9(7-8)13(18)19)15-12(17)11-3-1-2-6-14-11/h4-5,7,11,14,16H,1-3,6H2,(H,15,17)(H,18,19)/t11-/m0/s1. The normalized spacial score (nSPS) is 18.8. The molecule has 4 N–H and O–H groups in total. The highest BCUT2D eigenvalue weighted by molar-refractivity contribution is 6.02. The average molecular weight is 264 g/mol. The van der Waals surface area contributed by atoms with E-state index in [0.29, 0.717) is 0 Å². The van der Waals surface area contributed by atoms with Gasteiger partial charge in [-0.15, -0.1) is 0 Å². The van der Waals surface area contributed by atoms with Crippen LogP contribution in [0.15, 0.2) is 18.2 Å². The number of nitrogens with one attached hydrogen (secondary N) is 2. The van der Waals surface area contributed by atoms with Crippen LogP contribution in [-0.2, 0) is 4.79 Å². The number of carbonyl (C=O) groups is 2. The van der Waals surface area contributed by atoms with Crippen LogP contribution in [0.3, 0.4) is 0 Å². The van der Waals surface area contributed by atoms with Gasteiger partial charge in [0, 0.05) is 0 Å². The summed E-state index contributed by atoms with van der Waals surface area (Å²) >= 11 is 0. The predicted octanol–water partition coefficient (Wildman–Crippen LogP) is 1.17. The smallest absolute Gasteiger partial charge is 0.337 e. The first-order valence-corrected chi connectivity index (χ1v) is 6.18. The second-order valence-corrected chi connectivity index (χ2v) is 4.53. The predicted molar refractivity (Wildman–Crippen MR) is 69.3 cm³/mol. The van der Waals surface area contributed by atoms with Crippen LogP contribution in [0.25, 0.3) is 0 Å². The van der Waals surface area contributed by atoms with Crippen molar-refractivity contribution >= 4 is 17.6 Å². The second kappa shape index (κ2) is 5.71. The quantitative estimate of drug-likeness (QED) is 0.614. The highest BCUT2D eigenvalue weighted by Crippen LogP contribution is 2.22. The lowest BCUT2D eigenvalue weighted by Crippen LogP contribution is -2.43. The van der Waals surface area contributed by atoms with Gasteiger partial charge in [0.2, 0.25) is 5.91 Å². The van der Waals surface area contributed by atoms with Gasteiger partial charge in [0.05, 0.1) is 17.3 Å². The number of phenolic OH excluding ortho intramolecular Hbond substituents is 1. The molecule has 19 heavy (non-hydrogen) atoms. The number of phenols is 1. The van der Waals surface area contributed by atoms with Gasteiger partial charge in [0.25, 0.3) is 0 Å². The number of hydrogen-bond donors (Lipinski definition) is 4. The number of carbonyl (C=O) groups excluding carboxylic acids is 1. The summed E-state index contributed by atoms with van der Waals surface area (Å²) in [5, 5.41) is 24.0. The molecule has 6 nitrogen and oxygen atoms in total. The van der Waals surface area contributed by atoms with Crippen LogP contribution >= 0.6 is 0 Å². The summed E-state index contributed by atoms with van der Waals surface area (Å²) in [5.74, 6) is -1.58. The zero-order valence-corrected chi connectivity index (χ0v) is 10.3. The molecule has 0 aromatic heterocycles. The van der Waals surface area contributed by atoms with Crippen molar-refractivity contribution < 1.29 is 19.8 Å². The molecule has 6 heteroatoms. The monoisotopic (exact) mass is 264 g/mol. The van der Waals surface area contributed by atoms with E-state index in [2.05, 4.69) is 10.6 Å². The summed E-state index contributed by atoms with van der Waals surface area (Å²) in [5.41, 5.74) is 0.0758. The van der Waals surface area contributed by atoms with E-state index in [1.165, 1.54) is 12.1 Å². The number of rotatable bonds is 3. The number of hydrogen-bond acceptors (Lipinski definition) is 4. The first kappa shape index (κ1) is 13.4. The van der Waals surface area contributed by atoms with Gasteiger partial charge >= 0.3 is 5.97 Å². The number of amides is 1. The van der Waals surface area contributed by atoms with Crippen LogP contribution in [0.2, 0.25) is 0 Å². The molecule has 1 amide bonds. The highest BCUT2D eigenvalue weighted by Gasteiger charge is 2.22. The summed E-state index contributed by atoms with van der Waals surface area (Å²) in [6.45, 7) is 0.791. The minimum absolute atomic E-state index is 0.121. The number of piperidine rings is 1. The molecule has 1 aromatic rings. The molecule has 1 atom stereocenters. The third-order valence-corrected chi connectivity index (χ3v) is 3.12. The van der Waals surface area contributed by atoms with Crippen molar-refractivity contribution in [1.82, 2.24) is 5.32 Å². The maximum absolute atomic E-state index is 12.0. The van der Waals surface area contributed by atoms with Crippen molar-refractivity contribution in [2.24, 2.45) is 0 Å². The Morgan fingerprint density at radius 3 is 2.74 bits per heavy atom. The molecule has 0 aliphatic carbocycles. The Labute approximate surface area is 110 Å². The lowest BCUT2D eigenvalue weighted by Gasteiger charge is -2.22. The maximum atomic E-state index is 12.0. The lowest BCUT2D eigenvalue weighted by molar-refractivity contribution is -0.118. The van der Waals surface area contributed by atoms with E-state index in [0.717, 1.165) is 31.9 Å². The molecule has 0 spiro atoms. The number of anilines is 1. The van der Waals surface area contributed by atoms with Gasteiger partial charge in [-0.25, -0.2) is 4.79 Å². The van der Waals surface area contributed by atoms with Crippen molar-refractivity contribution in [3.63, 3.8) is 0 Å². The number of carboxylic acid groups (broad SMARTS) is 1. The van der Waals surface area contributed by atoms with Crippen LogP contribution in [0, 0.1) is 0 Å². The Balaban J connectivity index is 2.13. The molecule has 1 fully saturated rings. The lowest BCUT2D eigenvalue weighted by atomic mass is 10.0. The average Bonchev–Trinajstić information content (AvgIpc) is 2.41. The number of aromatic hydroxyl groups is 1. The van der Waals surface area contributed by atoms with E-state index >= 15 is 0 Å². The summed E-state index contributed by atoms with van der Waals surface area (Å²) in [7, 11) is 0. The minimum Gasteiger partial charge on any atom is -0.508 e. The zero-order chi connectivity index (χ0) is 13.8. The van der Waals surface area contributed by atoms with Crippen molar-refractivity contribution in [2.75, 3.05) is 11.9 Å². The maximum Gasteiger partial charge on any atom is 0.337 e. The van der Waals surface area contributed by atoms with Gasteiger partial charge in [-0.3, -0.25) is 4.79 Å². The number of aromatic carboxylic acids is 1. The van der Waals surface area contributed by atoms with E-state index in [4.69, 9.17) is 5.11 Å². The molecule has 2 rings (SSSR count). The van der Waals surface area contributed by atoms with Crippen LogP contribution < -0.4 is 10.6 Å². The fourth-order valence-electron chi connectivity index (χ4n) is 2.11. The first-order valence-electron chi connectivity index (χ1n) is 6.18. The fourth-order valence-corrected chi connectivity index (χ4v) is 2.11. The Morgan fingerprint density at radius 1 is 1.32 bits per heavy atom. The van der Waals surface area contributed by atoms with Gasteiger partial charge < -0.3 is 20.8 Å². The molecule has 0 bridgehead atoms. The molecule has 1 aliphatic heterocycles. The van der Waals surface area contributed by atoms with Crippen molar-refractivity contribution in [2.45, 2.75) is 25.3 Å². The number of carboxylic acids is 1. The highest BCUT2D eigenvalue weighted by atomic mass is 16.4. The van der Waals surface area contributed by atoms with Crippen LogP contribution in [0.5, 0.6) is 5.75 Å². The summed E-state index contributed by atoms with van der Waals surface area (Å²) < 4.78 is 0. The van der Waals surface area contributed by atoms with E-state index in [-0.39, 0.29) is 28.9 Å². The van der Waals surface area contributed by atoms with Crippen LogP contribution in [0.4, 0.5) is 5.69 Å². The molecular formula is C13H16N2O4. The molecular weight excluding hydrogens is 248 g/mol. The molecule has 1 aromatic carbocycles. The first-order chi connectivity index (χ1) is 9.08. The molecule has 0 saturated carbocycles.